The highest BCUT2D eigenvalue weighted by molar-refractivity contribution is 5.65. The van der Waals surface area contributed by atoms with Crippen LogP contribution >= 0.6 is 0 Å². The van der Waals surface area contributed by atoms with Crippen molar-refractivity contribution in [3.63, 3.8) is 0 Å². The van der Waals surface area contributed by atoms with Crippen molar-refractivity contribution in [3.8, 4) is 0 Å². The summed E-state index contributed by atoms with van der Waals surface area (Å²) in [6.45, 7) is 6.41. The second-order valence-corrected chi connectivity index (χ2v) is 4.61. The molecule has 0 aromatic carbocycles. The Kier molecular flexibility index (Phi) is 5.71. The molecule has 0 aliphatic carbocycles. The average molecular weight is 253 g/mol. The van der Waals surface area contributed by atoms with Crippen LogP contribution in [0.5, 0.6) is 0 Å². The molecule has 0 spiro atoms. The first-order valence-electron chi connectivity index (χ1n) is 6.30. The number of hydrogen-bond donors (Lipinski definition) is 1. The molecule has 1 unspecified atom stereocenters. The predicted molar refractivity (Wildman–Crippen MR) is 71.0 cm³/mol. The number of likely N-dealkylation sites (tertiary alicyclic amines) is 1. The summed E-state index contributed by atoms with van der Waals surface area (Å²) < 4.78 is 0. The molecule has 0 bridgehead atoms. The lowest BCUT2D eigenvalue weighted by atomic mass is 10.0. The van der Waals surface area contributed by atoms with Crippen LogP contribution in [-0.2, 0) is 0 Å². The van der Waals surface area contributed by atoms with Crippen molar-refractivity contribution in [1.82, 2.24) is 9.96 Å². The molecule has 1 aliphatic heterocycles. The first-order chi connectivity index (χ1) is 8.56. The minimum atomic E-state index is -1.43. The molecule has 0 radical (unpaired) electrons. The molecule has 102 valence electrons. The Hall–Kier alpha value is -1.49. The highest BCUT2D eigenvalue weighted by atomic mass is 16.6. The summed E-state index contributed by atoms with van der Waals surface area (Å²) in [5.74, 6) is 0. The van der Waals surface area contributed by atoms with E-state index in [1.807, 2.05) is 18.4 Å². The summed E-state index contributed by atoms with van der Waals surface area (Å²) >= 11 is 0. The number of nitrogens with zero attached hydrogens (tertiary/aromatic N) is 2. The smallest absolute Gasteiger partial charge is 0.396 e. The molecule has 5 heteroatoms. The van der Waals surface area contributed by atoms with Gasteiger partial charge in [0.05, 0.1) is 0 Å². The molecule has 1 aliphatic rings. The number of carboxylic acid groups (broad SMARTS) is 1. The molecular formula is C13H21N2O3-. The molecular weight excluding hydrogens is 232 g/mol. The van der Waals surface area contributed by atoms with Gasteiger partial charge in [-0.05, 0) is 38.8 Å². The van der Waals surface area contributed by atoms with Gasteiger partial charge in [-0.2, -0.15) is 0 Å². The Morgan fingerprint density at radius 1 is 1.67 bits per heavy atom. The summed E-state index contributed by atoms with van der Waals surface area (Å²) in [4.78, 5) is 12.7. The molecule has 18 heavy (non-hydrogen) atoms. The number of amides is 1. The van der Waals surface area contributed by atoms with Gasteiger partial charge in [-0.25, -0.2) is 4.79 Å². The van der Waals surface area contributed by atoms with E-state index in [0.717, 1.165) is 19.4 Å². The third-order valence-electron chi connectivity index (χ3n) is 3.23. The van der Waals surface area contributed by atoms with Gasteiger partial charge in [0, 0.05) is 18.6 Å². The fourth-order valence-corrected chi connectivity index (χ4v) is 2.10. The maximum absolute atomic E-state index is 11.1. The third kappa shape index (κ3) is 4.07. The molecule has 0 aromatic rings. The van der Waals surface area contributed by atoms with Crippen LogP contribution in [0.3, 0.4) is 0 Å². The predicted octanol–water partition coefficient (Wildman–Crippen LogP) is 2.80. The van der Waals surface area contributed by atoms with Crippen LogP contribution in [0.4, 0.5) is 4.79 Å². The van der Waals surface area contributed by atoms with Gasteiger partial charge in [0.25, 0.3) is 0 Å². The molecule has 1 heterocycles. The number of piperidine rings is 1. The summed E-state index contributed by atoms with van der Waals surface area (Å²) in [7, 11) is 0. The highest BCUT2D eigenvalue weighted by Crippen LogP contribution is 2.18. The molecule has 1 fully saturated rings. The minimum absolute atomic E-state index is 0.0888. The Morgan fingerprint density at radius 3 is 3.00 bits per heavy atom. The Balaban J connectivity index is 2.43. The first-order valence-corrected chi connectivity index (χ1v) is 6.30. The molecule has 0 saturated carbocycles. The number of hydroxylamine groups is 2. The highest BCUT2D eigenvalue weighted by Gasteiger charge is 2.16. The van der Waals surface area contributed by atoms with Crippen molar-refractivity contribution < 1.29 is 9.90 Å². The van der Waals surface area contributed by atoms with Gasteiger partial charge in [-0.3, -0.25) is 0 Å². The molecule has 0 aromatic heterocycles. The molecule has 5 nitrogen and oxygen atoms in total. The van der Waals surface area contributed by atoms with Crippen molar-refractivity contribution in [2.75, 3.05) is 6.54 Å². The summed E-state index contributed by atoms with van der Waals surface area (Å²) in [5, 5.41) is 19.7. The quantitative estimate of drug-likeness (QED) is 0.604. The van der Waals surface area contributed by atoms with Gasteiger partial charge < -0.3 is 20.3 Å². The number of hydrogen-bond acceptors (Lipinski definition) is 3. The van der Waals surface area contributed by atoms with Crippen LogP contribution in [0, 0.1) is 5.21 Å². The van der Waals surface area contributed by atoms with E-state index in [4.69, 9.17) is 5.11 Å². The topological polar surface area (TPSA) is 66.8 Å². The van der Waals surface area contributed by atoms with Crippen molar-refractivity contribution >= 4 is 6.09 Å². The van der Waals surface area contributed by atoms with E-state index < -0.39 is 12.1 Å². The normalized spacial score (nSPS) is 21.9. The monoisotopic (exact) mass is 253 g/mol. The SMILES string of the molecule is C=C[C@H]1CCCCN1C=CCC(C)N([O-])C(=O)O. The van der Waals surface area contributed by atoms with Crippen LogP contribution in [0.25, 0.3) is 0 Å². The number of rotatable bonds is 5. The Bertz CT molecular complexity index is 317. The fourth-order valence-electron chi connectivity index (χ4n) is 2.10. The van der Waals surface area contributed by atoms with Crippen LogP contribution in [-0.4, -0.2) is 39.8 Å². The molecule has 1 rings (SSSR count). The van der Waals surface area contributed by atoms with E-state index in [-0.39, 0.29) is 5.06 Å². The zero-order valence-electron chi connectivity index (χ0n) is 10.8. The number of carbonyl (C=O) groups is 1. The summed E-state index contributed by atoms with van der Waals surface area (Å²) in [6.07, 6.45) is 8.22. The van der Waals surface area contributed by atoms with Gasteiger partial charge >= 0.3 is 6.09 Å². The van der Waals surface area contributed by atoms with Gasteiger partial charge in [0.2, 0.25) is 0 Å². The standard InChI is InChI=1S/C13H21N2O3/c1-3-12-8-4-5-9-14(12)10-6-7-11(2)15(18)13(16)17/h3,6,10-12H,1,4-5,7-9H2,2H3,(H,16,17)/q-1/t11?,12-/m0/s1. The second kappa shape index (κ2) is 7.06. The third-order valence-corrected chi connectivity index (χ3v) is 3.23. The van der Waals surface area contributed by atoms with E-state index in [9.17, 15) is 10.0 Å². The maximum Gasteiger partial charge on any atom is 0.396 e. The van der Waals surface area contributed by atoms with E-state index >= 15 is 0 Å². The minimum Gasteiger partial charge on any atom is -0.754 e. The van der Waals surface area contributed by atoms with E-state index in [1.165, 1.54) is 6.42 Å². The van der Waals surface area contributed by atoms with Crippen molar-refractivity contribution in [2.45, 2.75) is 44.7 Å². The molecule has 1 saturated heterocycles. The van der Waals surface area contributed by atoms with Crippen molar-refractivity contribution in [2.24, 2.45) is 0 Å². The molecule has 1 N–H and O–H groups in total. The maximum atomic E-state index is 11.1. The molecule has 2 atom stereocenters. The lowest BCUT2D eigenvalue weighted by molar-refractivity contribution is 0.151. The van der Waals surface area contributed by atoms with Crippen LogP contribution in [0.2, 0.25) is 0 Å². The van der Waals surface area contributed by atoms with Crippen LogP contribution < -0.4 is 0 Å². The lowest BCUT2D eigenvalue weighted by Crippen LogP contribution is -2.34. The van der Waals surface area contributed by atoms with Crippen LogP contribution in [0.15, 0.2) is 24.9 Å². The zero-order chi connectivity index (χ0) is 13.5. The lowest BCUT2D eigenvalue weighted by Gasteiger charge is -2.33. The van der Waals surface area contributed by atoms with Crippen LogP contribution in [0.1, 0.15) is 32.6 Å². The van der Waals surface area contributed by atoms with Gasteiger partial charge in [0.15, 0.2) is 0 Å². The first kappa shape index (κ1) is 14.6. The van der Waals surface area contributed by atoms with E-state index in [0.29, 0.717) is 12.5 Å². The summed E-state index contributed by atoms with van der Waals surface area (Å²) in [5.41, 5.74) is 0. The fraction of sp³-hybridized carbons (Fsp3) is 0.615. The van der Waals surface area contributed by atoms with Gasteiger partial charge in [-0.15, -0.1) is 6.58 Å². The van der Waals surface area contributed by atoms with E-state index in [2.05, 4.69) is 11.5 Å². The zero-order valence-corrected chi connectivity index (χ0v) is 10.8. The summed E-state index contributed by atoms with van der Waals surface area (Å²) in [6, 6.07) is -0.196. The van der Waals surface area contributed by atoms with E-state index in [1.54, 1.807) is 6.92 Å². The largest absolute Gasteiger partial charge is 0.754 e. The van der Waals surface area contributed by atoms with Gasteiger partial charge in [-0.1, -0.05) is 12.2 Å². The van der Waals surface area contributed by atoms with Gasteiger partial charge in [0.1, 0.15) is 0 Å². The second-order valence-electron chi connectivity index (χ2n) is 4.61. The Labute approximate surface area is 108 Å². The molecule has 1 amide bonds. The van der Waals surface area contributed by atoms with Crippen molar-refractivity contribution in [3.05, 3.63) is 30.1 Å². The average Bonchev–Trinajstić information content (AvgIpc) is 2.38. The Morgan fingerprint density at radius 2 is 2.39 bits per heavy atom. The van der Waals surface area contributed by atoms with Crippen molar-refractivity contribution in [1.29, 1.82) is 0 Å².